The maximum Gasteiger partial charge on any atom is 0.287 e. The average molecular weight is 279 g/mol. The minimum atomic E-state index is -0.162. The summed E-state index contributed by atoms with van der Waals surface area (Å²) in [6.45, 7) is 5.35. The Hall–Kier alpha value is -1.29. The van der Waals surface area contributed by atoms with Crippen molar-refractivity contribution in [3.8, 4) is 0 Å². The van der Waals surface area contributed by atoms with Crippen LogP contribution in [0.5, 0.6) is 0 Å². The minimum Gasteiger partial charge on any atom is -0.456 e. The van der Waals surface area contributed by atoms with Crippen LogP contribution in [0.25, 0.3) is 0 Å². The van der Waals surface area contributed by atoms with Crippen LogP contribution in [0.2, 0.25) is 0 Å². The molecular formula is C16H25NO3. The summed E-state index contributed by atoms with van der Waals surface area (Å²) in [5.41, 5.74) is 0. The van der Waals surface area contributed by atoms with E-state index < -0.39 is 0 Å². The standard InChI is InChI=1S/C16H25NO3/c1-3-13-8-9-15(20-13)16(18)17-10-11-19-14-7-5-4-6-12(14)2/h8-9,12,14H,3-7,10-11H2,1-2H3,(H,17,18)/t12-,14+/m1/s1. The van der Waals surface area contributed by atoms with Gasteiger partial charge in [0.05, 0.1) is 12.7 Å². The van der Waals surface area contributed by atoms with E-state index in [4.69, 9.17) is 9.15 Å². The van der Waals surface area contributed by atoms with E-state index in [-0.39, 0.29) is 5.91 Å². The minimum absolute atomic E-state index is 0.162. The van der Waals surface area contributed by atoms with Gasteiger partial charge in [0, 0.05) is 13.0 Å². The Labute approximate surface area is 120 Å². The number of amides is 1. The molecule has 0 saturated heterocycles. The summed E-state index contributed by atoms with van der Waals surface area (Å²) in [6, 6.07) is 3.56. The zero-order valence-electron chi connectivity index (χ0n) is 12.5. The second kappa shape index (κ2) is 7.48. The molecule has 112 valence electrons. The molecule has 1 heterocycles. The van der Waals surface area contributed by atoms with E-state index >= 15 is 0 Å². The number of ether oxygens (including phenoxy) is 1. The summed E-state index contributed by atoms with van der Waals surface area (Å²) < 4.78 is 11.3. The van der Waals surface area contributed by atoms with Crippen LogP contribution >= 0.6 is 0 Å². The molecule has 1 aromatic heterocycles. The molecule has 0 radical (unpaired) electrons. The van der Waals surface area contributed by atoms with Gasteiger partial charge in [-0.3, -0.25) is 4.79 Å². The quantitative estimate of drug-likeness (QED) is 0.814. The smallest absolute Gasteiger partial charge is 0.287 e. The lowest BCUT2D eigenvalue weighted by Gasteiger charge is -2.28. The molecule has 0 spiro atoms. The van der Waals surface area contributed by atoms with E-state index in [9.17, 15) is 4.79 Å². The predicted octanol–water partition coefficient (Wildman–Crippen LogP) is 3.17. The van der Waals surface area contributed by atoms with Gasteiger partial charge in [0.2, 0.25) is 0 Å². The third-order valence-corrected chi connectivity index (χ3v) is 3.99. The van der Waals surface area contributed by atoms with Crippen molar-refractivity contribution in [2.75, 3.05) is 13.2 Å². The van der Waals surface area contributed by atoms with Crippen LogP contribution in [-0.2, 0) is 11.2 Å². The summed E-state index contributed by atoms with van der Waals surface area (Å²) in [4.78, 5) is 11.8. The summed E-state index contributed by atoms with van der Waals surface area (Å²) in [5, 5.41) is 2.83. The molecule has 2 atom stereocenters. The van der Waals surface area contributed by atoms with E-state index in [0.717, 1.165) is 18.6 Å². The van der Waals surface area contributed by atoms with Gasteiger partial charge in [-0.1, -0.05) is 26.7 Å². The molecule has 1 fully saturated rings. The van der Waals surface area contributed by atoms with Crippen LogP contribution in [0.15, 0.2) is 16.5 Å². The highest BCUT2D eigenvalue weighted by Gasteiger charge is 2.21. The molecule has 0 aliphatic heterocycles. The molecule has 1 aromatic rings. The number of carbonyl (C=O) groups excluding carboxylic acids is 1. The molecular weight excluding hydrogens is 254 g/mol. The molecule has 20 heavy (non-hydrogen) atoms. The van der Waals surface area contributed by atoms with E-state index in [1.54, 1.807) is 6.07 Å². The molecule has 0 bridgehead atoms. The van der Waals surface area contributed by atoms with Gasteiger partial charge >= 0.3 is 0 Å². The zero-order valence-corrected chi connectivity index (χ0v) is 12.5. The Morgan fingerprint density at radius 2 is 2.20 bits per heavy atom. The summed E-state index contributed by atoms with van der Waals surface area (Å²) in [5.74, 6) is 1.69. The molecule has 1 aliphatic rings. The first-order valence-corrected chi connectivity index (χ1v) is 7.69. The van der Waals surface area contributed by atoms with Crippen molar-refractivity contribution in [1.29, 1.82) is 0 Å². The molecule has 2 rings (SSSR count). The topological polar surface area (TPSA) is 51.5 Å². The van der Waals surface area contributed by atoms with Crippen molar-refractivity contribution >= 4 is 5.91 Å². The van der Waals surface area contributed by atoms with Crippen LogP contribution in [0, 0.1) is 5.92 Å². The number of aryl methyl sites for hydroxylation is 1. The predicted molar refractivity (Wildman–Crippen MR) is 77.8 cm³/mol. The zero-order chi connectivity index (χ0) is 14.4. The van der Waals surface area contributed by atoms with Crippen LogP contribution in [0.4, 0.5) is 0 Å². The maximum atomic E-state index is 11.8. The van der Waals surface area contributed by atoms with Crippen LogP contribution in [0.1, 0.15) is 55.8 Å². The second-order valence-electron chi connectivity index (χ2n) is 5.55. The Bertz CT molecular complexity index is 427. The van der Waals surface area contributed by atoms with Crippen molar-refractivity contribution in [2.45, 2.75) is 52.1 Å². The number of nitrogens with one attached hydrogen (secondary N) is 1. The number of furan rings is 1. The fourth-order valence-electron chi connectivity index (χ4n) is 2.68. The van der Waals surface area contributed by atoms with Crippen molar-refractivity contribution < 1.29 is 13.9 Å². The first-order chi connectivity index (χ1) is 9.70. The number of carbonyl (C=O) groups is 1. The summed E-state index contributed by atoms with van der Waals surface area (Å²) in [6.07, 6.45) is 6.13. The van der Waals surface area contributed by atoms with Gasteiger partial charge in [0.1, 0.15) is 5.76 Å². The lowest BCUT2D eigenvalue weighted by Crippen LogP contribution is -2.31. The van der Waals surface area contributed by atoms with Crippen molar-refractivity contribution in [2.24, 2.45) is 5.92 Å². The maximum absolute atomic E-state index is 11.8. The lowest BCUT2D eigenvalue weighted by molar-refractivity contribution is -0.00300. The Kier molecular flexibility index (Phi) is 5.65. The Morgan fingerprint density at radius 3 is 2.90 bits per heavy atom. The molecule has 1 aliphatic carbocycles. The lowest BCUT2D eigenvalue weighted by atomic mass is 9.88. The average Bonchev–Trinajstić information content (AvgIpc) is 2.94. The number of rotatable bonds is 6. The van der Waals surface area contributed by atoms with Gasteiger partial charge < -0.3 is 14.5 Å². The van der Waals surface area contributed by atoms with Gasteiger partial charge in [0.25, 0.3) is 5.91 Å². The van der Waals surface area contributed by atoms with Gasteiger partial charge in [-0.15, -0.1) is 0 Å². The monoisotopic (exact) mass is 279 g/mol. The Balaban J connectivity index is 1.66. The Morgan fingerprint density at radius 1 is 1.40 bits per heavy atom. The summed E-state index contributed by atoms with van der Waals surface area (Å²) in [7, 11) is 0. The van der Waals surface area contributed by atoms with Gasteiger partial charge in [-0.25, -0.2) is 0 Å². The molecule has 0 aromatic carbocycles. The first-order valence-electron chi connectivity index (χ1n) is 7.69. The third-order valence-electron chi connectivity index (χ3n) is 3.99. The molecule has 4 heteroatoms. The highest BCUT2D eigenvalue weighted by atomic mass is 16.5. The largest absolute Gasteiger partial charge is 0.456 e. The molecule has 1 N–H and O–H groups in total. The highest BCUT2D eigenvalue weighted by Crippen LogP contribution is 2.25. The van der Waals surface area contributed by atoms with Gasteiger partial charge in [-0.05, 0) is 30.9 Å². The third kappa shape index (κ3) is 4.10. The van der Waals surface area contributed by atoms with E-state index in [1.165, 1.54) is 19.3 Å². The van der Waals surface area contributed by atoms with Crippen LogP contribution in [0.3, 0.4) is 0 Å². The van der Waals surface area contributed by atoms with Crippen LogP contribution < -0.4 is 5.32 Å². The van der Waals surface area contributed by atoms with Crippen molar-refractivity contribution in [1.82, 2.24) is 5.32 Å². The molecule has 1 amide bonds. The summed E-state index contributed by atoms with van der Waals surface area (Å²) >= 11 is 0. The van der Waals surface area contributed by atoms with Crippen LogP contribution in [-0.4, -0.2) is 25.2 Å². The highest BCUT2D eigenvalue weighted by molar-refractivity contribution is 5.91. The molecule has 4 nitrogen and oxygen atoms in total. The SMILES string of the molecule is CCc1ccc(C(=O)NCCO[C@H]2CCCC[C@H]2C)o1. The van der Waals surface area contributed by atoms with Crippen molar-refractivity contribution in [3.05, 3.63) is 23.7 Å². The van der Waals surface area contributed by atoms with E-state index in [0.29, 0.717) is 30.9 Å². The fourth-order valence-corrected chi connectivity index (χ4v) is 2.68. The number of hydrogen-bond donors (Lipinski definition) is 1. The first kappa shape index (κ1) is 15.1. The number of hydrogen-bond acceptors (Lipinski definition) is 3. The molecule has 0 unspecified atom stereocenters. The second-order valence-corrected chi connectivity index (χ2v) is 5.55. The van der Waals surface area contributed by atoms with Gasteiger partial charge in [0.15, 0.2) is 5.76 Å². The van der Waals surface area contributed by atoms with E-state index in [1.807, 2.05) is 13.0 Å². The fraction of sp³-hybridized carbons (Fsp3) is 0.688. The molecule has 1 saturated carbocycles. The van der Waals surface area contributed by atoms with Gasteiger partial charge in [-0.2, -0.15) is 0 Å². The van der Waals surface area contributed by atoms with Crippen molar-refractivity contribution in [3.63, 3.8) is 0 Å². The normalized spacial score (nSPS) is 22.7. The van der Waals surface area contributed by atoms with E-state index in [2.05, 4.69) is 12.2 Å².